The topological polar surface area (TPSA) is 82.2 Å². The lowest BCUT2D eigenvalue weighted by molar-refractivity contribution is 0.236. The van der Waals surface area contributed by atoms with Gasteiger partial charge < -0.3 is 16.0 Å². The van der Waals surface area contributed by atoms with Crippen LogP contribution in [0.2, 0.25) is 0 Å². The monoisotopic (exact) mass is 340 g/mol. The summed E-state index contributed by atoms with van der Waals surface area (Å²) in [7, 11) is 0. The average Bonchev–Trinajstić information content (AvgIpc) is 3.07. The molecule has 132 valence electrons. The molecule has 2 heterocycles. The van der Waals surface area contributed by atoms with Crippen molar-refractivity contribution in [2.75, 3.05) is 31.5 Å². The fourth-order valence-electron chi connectivity index (χ4n) is 2.91. The summed E-state index contributed by atoms with van der Waals surface area (Å²) >= 11 is 0. The minimum Gasteiger partial charge on any atom is -0.352 e. The quantitative estimate of drug-likeness (QED) is 0.665. The molecule has 1 fully saturated rings. The van der Waals surface area contributed by atoms with Crippen molar-refractivity contribution in [1.82, 2.24) is 25.5 Å². The van der Waals surface area contributed by atoms with E-state index in [1.807, 2.05) is 6.07 Å². The molecular formula is C18H24N6O. The first-order valence-corrected chi connectivity index (χ1v) is 8.61. The number of aromatic nitrogens is 2. The van der Waals surface area contributed by atoms with Crippen LogP contribution < -0.4 is 16.0 Å². The van der Waals surface area contributed by atoms with E-state index in [0.29, 0.717) is 19.0 Å². The van der Waals surface area contributed by atoms with Crippen LogP contribution in [-0.4, -0.2) is 53.1 Å². The van der Waals surface area contributed by atoms with Gasteiger partial charge in [-0.15, -0.1) is 0 Å². The third kappa shape index (κ3) is 5.72. The first-order valence-electron chi connectivity index (χ1n) is 8.61. The number of nitrogens with one attached hydrogen (secondary N) is 3. The highest BCUT2D eigenvalue weighted by atomic mass is 16.2. The van der Waals surface area contributed by atoms with Gasteiger partial charge in [0.05, 0.1) is 0 Å². The normalized spacial score (nSPS) is 17.2. The Labute approximate surface area is 147 Å². The lowest BCUT2D eigenvalue weighted by atomic mass is 10.2. The molecular weight excluding hydrogens is 316 g/mol. The van der Waals surface area contributed by atoms with E-state index in [1.165, 1.54) is 5.56 Å². The zero-order valence-electron chi connectivity index (χ0n) is 14.2. The Balaban J connectivity index is 1.31. The number of hydrogen-bond acceptors (Lipinski definition) is 5. The van der Waals surface area contributed by atoms with Gasteiger partial charge in [0.25, 0.3) is 0 Å². The van der Waals surface area contributed by atoms with Crippen LogP contribution in [0.3, 0.4) is 0 Å². The lowest BCUT2D eigenvalue weighted by Crippen LogP contribution is -2.44. The smallest absolute Gasteiger partial charge is 0.315 e. The van der Waals surface area contributed by atoms with E-state index >= 15 is 0 Å². The van der Waals surface area contributed by atoms with Gasteiger partial charge in [0, 0.05) is 51.2 Å². The minimum atomic E-state index is -0.123. The third-order valence-electron chi connectivity index (χ3n) is 4.12. The summed E-state index contributed by atoms with van der Waals surface area (Å²) in [5, 5.41) is 8.96. The molecule has 1 unspecified atom stereocenters. The van der Waals surface area contributed by atoms with Crippen molar-refractivity contribution in [3.8, 4) is 0 Å². The molecule has 7 nitrogen and oxygen atoms in total. The first-order chi connectivity index (χ1) is 12.3. The van der Waals surface area contributed by atoms with Crippen molar-refractivity contribution in [2.45, 2.75) is 19.0 Å². The number of urea groups is 1. The molecule has 0 aliphatic carbocycles. The number of hydrogen-bond donors (Lipinski definition) is 3. The van der Waals surface area contributed by atoms with Gasteiger partial charge in [-0.05, 0) is 18.1 Å². The van der Waals surface area contributed by atoms with Gasteiger partial charge in [-0.25, -0.2) is 14.8 Å². The maximum atomic E-state index is 12.0. The van der Waals surface area contributed by atoms with E-state index in [1.54, 1.807) is 18.5 Å². The van der Waals surface area contributed by atoms with E-state index in [2.05, 4.69) is 55.1 Å². The number of likely N-dealkylation sites (tertiary alicyclic amines) is 1. The van der Waals surface area contributed by atoms with Crippen LogP contribution in [0.25, 0.3) is 0 Å². The van der Waals surface area contributed by atoms with E-state index in [9.17, 15) is 4.79 Å². The molecule has 1 saturated heterocycles. The van der Waals surface area contributed by atoms with Gasteiger partial charge in [0.1, 0.15) is 0 Å². The van der Waals surface area contributed by atoms with Gasteiger partial charge in [-0.3, -0.25) is 4.90 Å². The molecule has 1 aliphatic rings. The summed E-state index contributed by atoms with van der Waals surface area (Å²) in [6.45, 7) is 3.93. The molecule has 1 aliphatic heterocycles. The van der Waals surface area contributed by atoms with E-state index in [4.69, 9.17) is 0 Å². The summed E-state index contributed by atoms with van der Waals surface area (Å²) in [6.07, 6.45) is 4.34. The molecule has 2 aromatic rings. The fraction of sp³-hybridized carbons (Fsp3) is 0.389. The lowest BCUT2D eigenvalue weighted by Gasteiger charge is -2.17. The summed E-state index contributed by atoms with van der Waals surface area (Å²) in [6, 6.07) is 12.3. The predicted molar refractivity (Wildman–Crippen MR) is 97.2 cm³/mol. The van der Waals surface area contributed by atoms with Crippen molar-refractivity contribution in [3.05, 3.63) is 54.4 Å². The van der Waals surface area contributed by atoms with Crippen LogP contribution in [0.15, 0.2) is 48.8 Å². The Bertz CT molecular complexity index is 651. The van der Waals surface area contributed by atoms with Gasteiger partial charge in [0.2, 0.25) is 5.95 Å². The zero-order valence-corrected chi connectivity index (χ0v) is 14.2. The van der Waals surface area contributed by atoms with E-state index in [0.717, 1.165) is 26.1 Å². The summed E-state index contributed by atoms with van der Waals surface area (Å²) in [4.78, 5) is 22.5. The van der Waals surface area contributed by atoms with Crippen LogP contribution in [0.1, 0.15) is 12.0 Å². The highest BCUT2D eigenvalue weighted by molar-refractivity contribution is 5.74. The Morgan fingerprint density at radius 2 is 1.92 bits per heavy atom. The average molecular weight is 340 g/mol. The van der Waals surface area contributed by atoms with Crippen LogP contribution in [0, 0.1) is 0 Å². The molecule has 3 rings (SSSR count). The van der Waals surface area contributed by atoms with Crippen LogP contribution in [-0.2, 0) is 6.54 Å². The van der Waals surface area contributed by atoms with Crippen molar-refractivity contribution < 1.29 is 4.79 Å². The summed E-state index contributed by atoms with van der Waals surface area (Å²) in [5.74, 6) is 0.567. The SMILES string of the molecule is O=C(NCCNc1ncccn1)NC1CCN(Cc2ccccc2)C1. The van der Waals surface area contributed by atoms with Crippen molar-refractivity contribution in [3.63, 3.8) is 0 Å². The molecule has 1 atom stereocenters. The number of nitrogens with zero attached hydrogens (tertiary/aromatic N) is 3. The molecule has 0 spiro atoms. The minimum absolute atomic E-state index is 0.123. The van der Waals surface area contributed by atoms with E-state index < -0.39 is 0 Å². The second-order valence-corrected chi connectivity index (χ2v) is 6.11. The second-order valence-electron chi connectivity index (χ2n) is 6.11. The predicted octanol–water partition coefficient (Wildman–Crippen LogP) is 1.46. The maximum absolute atomic E-state index is 12.0. The molecule has 1 aromatic heterocycles. The fourth-order valence-corrected chi connectivity index (χ4v) is 2.91. The Kier molecular flexibility index (Phi) is 6.17. The van der Waals surface area contributed by atoms with Gasteiger partial charge in [-0.1, -0.05) is 30.3 Å². The molecule has 7 heteroatoms. The second kappa shape index (κ2) is 8.98. The molecule has 0 saturated carbocycles. The number of rotatable bonds is 7. The van der Waals surface area contributed by atoms with Crippen molar-refractivity contribution in [2.24, 2.45) is 0 Å². The number of amides is 2. The third-order valence-corrected chi connectivity index (χ3v) is 4.12. The molecule has 2 amide bonds. The van der Waals surface area contributed by atoms with E-state index in [-0.39, 0.29) is 12.1 Å². The highest BCUT2D eigenvalue weighted by Gasteiger charge is 2.23. The van der Waals surface area contributed by atoms with Crippen LogP contribution >= 0.6 is 0 Å². The number of carbonyl (C=O) groups excluding carboxylic acids is 1. The first kappa shape index (κ1) is 17.2. The van der Waals surface area contributed by atoms with Gasteiger partial charge in [-0.2, -0.15) is 0 Å². The Morgan fingerprint density at radius 3 is 2.72 bits per heavy atom. The molecule has 0 bridgehead atoms. The van der Waals surface area contributed by atoms with Crippen molar-refractivity contribution in [1.29, 1.82) is 0 Å². The van der Waals surface area contributed by atoms with Gasteiger partial charge >= 0.3 is 6.03 Å². The van der Waals surface area contributed by atoms with Crippen LogP contribution in [0.4, 0.5) is 10.7 Å². The molecule has 0 radical (unpaired) electrons. The largest absolute Gasteiger partial charge is 0.352 e. The maximum Gasteiger partial charge on any atom is 0.315 e. The summed E-state index contributed by atoms with van der Waals surface area (Å²) < 4.78 is 0. The number of carbonyl (C=O) groups is 1. The van der Waals surface area contributed by atoms with Crippen molar-refractivity contribution >= 4 is 12.0 Å². The highest BCUT2D eigenvalue weighted by Crippen LogP contribution is 2.13. The van der Waals surface area contributed by atoms with Gasteiger partial charge in [0.15, 0.2) is 0 Å². The molecule has 1 aromatic carbocycles. The van der Waals surface area contributed by atoms with Crippen LogP contribution in [0.5, 0.6) is 0 Å². The standard InChI is InChI=1S/C18H24N6O/c25-18(22-11-10-21-17-19-8-4-9-20-17)23-16-7-12-24(14-16)13-15-5-2-1-3-6-15/h1-6,8-9,16H,7,10-14H2,(H,19,20,21)(H2,22,23,25). The number of benzene rings is 1. The summed E-state index contributed by atoms with van der Waals surface area (Å²) in [5.41, 5.74) is 1.31. The zero-order chi connectivity index (χ0) is 17.3. The Hall–Kier alpha value is -2.67. The molecule has 3 N–H and O–H groups in total. The number of anilines is 1. The molecule has 25 heavy (non-hydrogen) atoms. The Morgan fingerprint density at radius 1 is 1.12 bits per heavy atom.